The van der Waals surface area contributed by atoms with Crippen molar-refractivity contribution >= 4 is 5.91 Å². The summed E-state index contributed by atoms with van der Waals surface area (Å²) in [5.74, 6) is -0.141. The third-order valence-electron chi connectivity index (χ3n) is 19.0. The fourth-order valence-electron chi connectivity index (χ4n) is 12.8. The van der Waals surface area contributed by atoms with Crippen LogP contribution in [0.2, 0.25) is 0 Å². The van der Waals surface area contributed by atoms with Crippen LogP contribution in [0.3, 0.4) is 0 Å². The Hall–Kier alpha value is -2.63. The van der Waals surface area contributed by atoms with Gasteiger partial charge in [-0.25, -0.2) is 0 Å². The van der Waals surface area contributed by atoms with E-state index in [2.05, 4.69) is 104 Å². The van der Waals surface area contributed by atoms with Crippen molar-refractivity contribution in [3.63, 3.8) is 0 Å². The van der Waals surface area contributed by atoms with E-state index in [1.54, 1.807) is 0 Å². The maximum absolute atomic E-state index is 13.2. The first-order chi connectivity index (χ1) is 45.8. The molecule has 0 spiro atoms. The number of nitrogens with one attached hydrogen (secondary N) is 1. The molecule has 0 bridgehead atoms. The molecule has 7 atom stereocenters. The Morgan fingerprint density at radius 3 is 0.989 bits per heavy atom. The topological polar surface area (TPSA) is 149 Å². The van der Waals surface area contributed by atoms with Crippen molar-refractivity contribution in [2.75, 3.05) is 13.2 Å². The lowest BCUT2D eigenvalue weighted by Gasteiger charge is -2.40. The van der Waals surface area contributed by atoms with E-state index in [-0.39, 0.29) is 12.5 Å². The van der Waals surface area contributed by atoms with Crippen LogP contribution in [0.15, 0.2) is 85.1 Å². The molecule has 1 rings (SSSR count). The van der Waals surface area contributed by atoms with Gasteiger partial charge in [-0.05, 0) is 70.6 Å². The number of carbonyl (C=O) groups excluding carboxylic acids is 1. The number of rotatable bonds is 71. The van der Waals surface area contributed by atoms with Gasteiger partial charge in [0.05, 0.1) is 25.4 Å². The quantitative estimate of drug-likeness (QED) is 0.0261. The van der Waals surface area contributed by atoms with E-state index in [0.29, 0.717) is 12.8 Å². The van der Waals surface area contributed by atoms with Crippen molar-refractivity contribution < 1.29 is 39.8 Å². The molecule has 0 radical (unpaired) electrons. The van der Waals surface area contributed by atoms with Crippen LogP contribution in [-0.2, 0) is 14.3 Å². The Kier molecular flexibility index (Phi) is 68.5. The Morgan fingerprint density at radius 1 is 0.376 bits per heavy atom. The fraction of sp³-hybridized carbons (Fsp3) is 0.821. The van der Waals surface area contributed by atoms with Crippen LogP contribution in [0.25, 0.3) is 0 Å². The Bertz CT molecular complexity index is 1750. The van der Waals surface area contributed by atoms with Crippen LogP contribution >= 0.6 is 0 Å². The van der Waals surface area contributed by atoms with E-state index < -0.39 is 49.5 Å². The Labute approximate surface area is 575 Å². The lowest BCUT2D eigenvalue weighted by atomic mass is 9.99. The second kappa shape index (κ2) is 72.1. The van der Waals surface area contributed by atoms with Crippen LogP contribution in [0.1, 0.15) is 386 Å². The highest BCUT2D eigenvalue weighted by molar-refractivity contribution is 5.76. The molecule has 542 valence electrons. The minimum atomic E-state index is -1.56. The monoisotopic (exact) mass is 1300 g/mol. The molecule has 1 heterocycles. The number of unbranched alkanes of at least 4 members (excludes halogenated alkanes) is 47. The second-order valence-electron chi connectivity index (χ2n) is 27.8. The van der Waals surface area contributed by atoms with Crippen LogP contribution in [-0.4, -0.2) is 87.5 Å². The van der Waals surface area contributed by atoms with E-state index >= 15 is 0 Å². The number of hydrogen-bond donors (Lipinski definition) is 6. The molecule has 7 unspecified atom stereocenters. The first-order valence-electron chi connectivity index (χ1n) is 40.3. The lowest BCUT2D eigenvalue weighted by Crippen LogP contribution is -2.60. The normalized spacial score (nSPS) is 18.0. The predicted octanol–water partition coefficient (Wildman–Crippen LogP) is 23.2. The van der Waals surface area contributed by atoms with Crippen molar-refractivity contribution in [3.8, 4) is 0 Å². The van der Waals surface area contributed by atoms with Gasteiger partial charge in [0.2, 0.25) is 5.91 Å². The molecule has 0 aliphatic carbocycles. The molecule has 9 heteroatoms. The number of carbonyl (C=O) groups is 1. The molecule has 93 heavy (non-hydrogen) atoms. The highest BCUT2D eigenvalue weighted by Gasteiger charge is 2.44. The standard InChI is InChI=1S/C84H153NO8/c1-3-5-7-9-11-13-15-17-19-21-23-25-27-29-31-33-35-37-38-39-40-42-44-46-48-50-52-54-56-58-60-62-64-66-68-70-72-74-80(88)85-77(76-92-84-83(91)82(90)81(89)79(75-86)93-84)78(87)73-71-69-67-65-63-61-59-57-55-53-51-49-47-45-43-41-36-34-32-30-28-26-24-22-20-18-16-14-12-10-8-6-4-2/h5,7,11,13,17,19,23,25,29,31,35,37,39-40,77-79,81-84,86-87,89-91H,3-4,6,8-10,12,14-16,18,20-22,24,26-28,30,32-34,36,38,41-76H2,1-2H3,(H,85,88)/b7-5-,13-11-,19-17-,25-23-,31-29-,37-35-,40-39-. The van der Waals surface area contributed by atoms with Gasteiger partial charge in [-0.2, -0.15) is 0 Å². The molecule has 0 aromatic rings. The highest BCUT2D eigenvalue weighted by atomic mass is 16.7. The average Bonchev–Trinajstić information content (AvgIpc) is 1.01. The van der Waals surface area contributed by atoms with Gasteiger partial charge in [-0.3, -0.25) is 4.79 Å². The molecule has 1 amide bonds. The summed E-state index contributed by atoms with van der Waals surface area (Å²) in [4.78, 5) is 13.2. The smallest absolute Gasteiger partial charge is 0.220 e. The SMILES string of the molecule is CC/C=C\C/C=C\C/C=C\C/C=C\C/C=C\C/C=C\C/C=C\CCCCCCCCCCCCCCCCCC(=O)NC(COC1OC(CO)C(O)C(O)C1O)C(O)CCCCCCCCCCCCCCCCCCCCCCCCCCCCCCCCCCC. The van der Waals surface area contributed by atoms with Gasteiger partial charge in [-0.1, -0.05) is 394 Å². The number of amides is 1. The third kappa shape index (κ3) is 60.3. The minimum Gasteiger partial charge on any atom is -0.394 e. The van der Waals surface area contributed by atoms with Gasteiger partial charge >= 0.3 is 0 Å². The minimum absolute atomic E-state index is 0.138. The fourth-order valence-corrected chi connectivity index (χ4v) is 12.8. The van der Waals surface area contributed by atoms with Gasteiger partial charge in [0.25, 0.3) is 0 Å². The van der Waals surface area contributed by atoms with Crippen LogP contribution in [0.4, 0.5) is 0 Å². The van der Waals surface area contributed by atoms with E-state index in [9.17, 15) is 30.3 Å². The summed E-state index contributed by atoms with van der Waals surface area (Å²) in [6, 6.07) is -0.725. The molecule has 1 aliphatic rings. The van der Waals surface area contributed by atoms with E-state index in [1.165, 1.54) is 276 Å². The first-order valence-corrected chi connectivity index (χ1v) is 40.3. The number of aliphatic hydroxyl groups excluding tert-OH is 5. The summed E-state index contributed by atoms with van der Waals surface area (Å²) < 4.78 is 11.4. The van der Waals surface area contributed by atoms with Crippen molar-refractivity contribution in [1.29, 1.82) is 0 Å². The maximum atomic E-state index is 13.2. The summed E-state index contributed by atoms with van der Waals surface area (Å²) in [6.45, 7) is 3.77. The number of aliphatic hydroxyl groups is 5. The number of hydrogen-bond acceptors (Lipinski definition) is 8. The summed E-state index contributed by atoms with van der Waals surface area (Å²) in [5.41, 5.74) is 0. The molecule has 9 nitrogen and oxygen atoms in total. The Balaban J connectivity index is 2.07. The Morgan fingerprint density at radius 2 is 0.667 bits per heavy atom. The molecule has 0 aromatic heterocycles. The highest BCUT2D eigenvalue weighted by Crippen LogP contribution is 2.24. The molecule has 0 saturated carbocycles. The molecule has 1 saturated heterocycles. The van der Waals surface area contributed by atoms with E-state index in [1.807, 2.05) is 0 Å². The molecular formula is C84H153NO8. The van der Waals surface area contributed by atoms with Crippen molar-refractivity contribution in [2.45, 2.75) is 429 Å². The maximum Gasteiger partial charge on any atom is 0.220 e. The van der Waals surface area contributed by atoms with Crippen LogP contribution in [0.5, 0.6) is 0 Å². The number of allylic oxidation sites excluding steroid dienone is 14. The van der Waals surface area contributed by atoms with Crippen molar-refractivity contribution in [3.05, 3.63) is 85.1 Å². The summed E-state index contributed by atoms with van der Waals surface area (Å²) >= 11 is 0. The summed E-state index contributed by atoms with van der Waals surface area (Å²) in [7, 11) is 0. The zero-order valence-corrected chi connectivity index (χ0v) is 61.0. The summed E-state index contributed by atoms with van der Waals surface area (Å²) in [6.07, 6.45) is 96.9. The first kappa shape index (κ1) is 88.4. The lowest BCUT2D eigenvalue weighted by molar-refractivity contribution is -0.302. The van der Waals surface area contributed by atoms with E-state index in [4.69, 9.17) is 9.47 Å². The van der Waals surface area contributed by atoms with Gasteiger partial charge in [0, 0.05) is 6.42 Å². The van der Waals surface area contributed by atoms with Crippen LogP contribution < -0.4 is 5.32 Å². The largest absolute Gasteiger partial charge is 0.394 e. The molecular weight excluding hydrogens is 1150 g/mol. The van der Waals surface area contributed by atoms with Crippen LogP contribution in [0, 0.1) is 0 Å². The van der Waals surface area contributed by atoms with E-state index in [0.717, 1.165) is 83.5 Å². The molecule has 1 aliphatic heterocycles. The van der Waals surface area contributed by atoms with Gasteiger partial charge in [-0.15, -0.1) is 0 Å². The molecule has 1 fully saturated rings. The van der Waals surface area contributed by atoms with Gasteiger partial charge in [0.15, 0.2) is 6.29 Å². The van der Waals surface area contributed by atoms with Gasteiger partial charge in [0.1, 0.15) is 24.4 Å². The van der Waals surface area contributed by atoms with Crippen molar-refractivity contribution in [2.24, 2.45) is 0 Å². The second-order valence-corrected chi connectivity index (χ2v) is 27.8. The molecule has 6 N–H and O–H groups in total. The average molecular weight is 1310 g/mol. The number of ether oxygens (including phenoxy) is 2. The molecule has 0 aromatic carbocycles. The van der Waals surface area contributed by atoms with Gasteiger partial charge < -0.3 is 40.3 Å². The van der Waals surface area contributed by atoms with Crippen molar-refractivity contribution in [1.82, 2.24) is 5.32 Å². The predicted molar refractivity (Wildman–Crippen MR) is 401 cm³/mol. The third-order valence-corrected chi connectivity index (χ3v) is 19.0. The zero-order valence-electron chi connectivity index (χ0n) is 61.0. The zero-order chi connectivity index (χ0) is 67.1. The summed E-state index contributed by atoms with van der Waals surface area (Å²) in [5, 5.41) is 55.1.